The van der Waals surface area contributed by atoms with Gasteiger partial charge in [0.25, 0.3) is 0 Å². The lowest BCUT2D eigenvalue weighted by atomic mass is 9.80. The van der Waals surface area contributed by atoms with Gasteiger partial charge in [-0.2, -0.15) is 0 Å². The summed E-state index contributed by atoms with van der Waals surface area (Å²) in [6, 6.07) is 3.94. The van der Waals surface area contributed by atoms with Crippen molar-refractivity contribution in [2.24, 2.45) is 0 Å². The molecule has 0 saturated carbocycles. The molecule has 1 fully saturated rings. The van der Waals surface area contributed by atoms with E-state index in [1.807, 2.05) is 7.05 Å². The molecule has 1 saturated heterocycles. The molecule has 1 aromatic carbocycles. The van der Waals surface area contributed by atoms with Crippen LogP contribution in [0.4, 0.5) is 4.39 Å². The second kappa shape index (κ2) is 6.34. The Hall–Kier alpha value is -1.15. The van der Waals surface area contributed by atoms with Crippen LogP contribution in [0, 0.1) is 5.82 Å². The fourth-order valence-electron chi connectivity index (χ4n) is 1.96. The van der Waals surface area contributed by atoms with Crippen LogP contribution in [0.5, 0.6) is 5.75 Å². The van der Waals surface area contributed by atoms with Gasteiger partial charge < -0.3 is 24.4 Å². The Labute approximate surface area is 111 Å². The molecule has 1 atom stereocenters. The number of ether oxygens (including phenoxy) is 2. The predicted molar refractivity (Wildman–Crippen MR) is 69.0 cm³/mol. The highest BCUT2D eigenvalue weighted by molar-refractivity contribution is 6.58. The van der Waals surface area contributed by atoms with Crippen molar-refractivity contribution in [2.75, 3.05) is 33.4 Å². The van der Waals surface area contributed by atoms with Crippen LogP contribution >= 0.6 is 0 Å². The number of nitrogens with zero attached hydrogens (tertiary/aromatic N) is 1. The zero-order valence-corrected chi connectivity index (χ0v) is 10.8. The molecule has 0 aliphatic carbocycles. The monoisotopic (exact) mass is 269 g/mol. The Bertz CT molecular complexity index is 432. The van der Waals surface area contributed by atoms with Gasteiger partial charge >= 0.3 is 7.12 Å². The van der Waals surface area contributed by atoms with Gasteiger partial charge in [0.1, 0.15) is 24.3 Å². The number of benzene rings is 1. The van der Waals surface area contributed by atoms with Gasteiger partial charge in [-0.3, -0.25) is 0 Å². The first-order chi connectivity index (χ1) is 9.06. The second-order valence-corrected chi connectivity index (χ2v) is 4.62. The zero-order chi connectivity index (χ0) is 13.8. The third kappa shape index (κ3) is 3.91. The van der Waals surface area contributed by atoms with Crippen LogP contribution in [0.2, 0.25) is 0 Å². The number of likely N-dealkylation sites (N-methyl/N-ethyl adjacent to an activating group) is 1. The van der Waals surface area contributed by atoms with Crippen LogP contribution in [-0.2, 0) is 4.74 Å². The lowest BCUT2D eigenvalue weighted by Gasteiger charge is -2.29. The summed E-state index contributed by atoms with van der Waals surface area (Å²) in [4.78, 5) is 2.14. The number of hydrogen-bond donors (Lipinski definition) is 2. The maximum atomic E-state index is 13.5. The van der Waals surface area contributed by atoms with E-state index in [1.54, 1.807) is 0 Å². The summed E-state index contributed by atoms with van der Waals surface area (Å²) in [6.07, 6.45) is -0.0371. The van der Waals surface area contributed by atoms with Crippen molar-refractivity contribution in [3.05, 3.63) is 24.0 Å². The quantitative estimate of drug-likeness (QED) is 0.702. The van der Waals surface area contributed by atoms with Crippen LogP contribution in [-0.4, -0.2) is 61.5 Å². The maximum absolute atomic E-state index is 13.5. The number of rotatable bonds is 4. The van der Waals surface area contributed by atoms with Gasteiger partial charge in [-0.1, -0.05) is 6.07 Å². The number of hydrogen-bond acceptors (Lipinski definition) is 5. The number of halogens is 1. The van der Waals surface area contributed by atoms with Crippen LogP contribution in [0.15, 0.2) is 18.2 Å². The largest absolute Gasteiger partial charge is 0.491 e. The van der Waals surface area contributed by atoms with Gasteiger partial charge in [0.05, 0.1) is 6.61 Å². The van der Waals surface area contributed by atoms with Crippen LogP contribution < -0.4 is 10.2 Å². The third-order valence-electron chi connectivity index (χ3n) is 3.03. The lowest BCUT2D eigenvalue weighted by molar-refractivity contribution is -0.0403. The predicted octanol–water partition coefficient (Wildman–Crippen LogP) is -0.785. The topological polar surface area (TPSA) is 62.2 Å². The molecule has 2 N–H and O–H groups in total. The molecule has 19 heavy (non-hydrogen) atoms. The first-order valence-corrected chi connectivity index (χ1v) is 6.15. The van der Waals surface area contributed by atoms with Crippen molar-refractivity contribution in [2.45, 2.75) is 6.10 Å². The Balaban J connectivity index is 1.91. The molecule has 1 aliphatic rings. The minimum atomic E-state index is -1.82. The molecule has 2 rings (SSSR count). The molecule has 1 aromatic rings. The Morgan fingerprint density at radius 3 is 2.95 bits per heavy atom. The van der Waals surface area contributed by atoms with Crippen molar-refractivity contribution in [3.63, 3.8) is 0 Å². The van der Waals surface area contributed by atoms with E-state index in [0.29, 0.717) is 19.0 Å². The highest BCUT2D eigenvalue weighted by atomic mass is 19.1. The Morgan fingerprint density at radius 2 is 2.32 bits per heavy atom. The van der Waals surface area contributed by atoms with E-state index in [2.05, 4.69) is 4.90 Å². The average molecular weight is 269 g/mol. The molecule has 104 valence electrons. The van der Waals surface area contributed by atoms with Gasteiger partial charge in [-0.25, -0.2) is 4.39 Å². The third-order valence-corrected chi connectivity index (χ3v) is 3.03. The molecular formula is C12H17BFNO4. The van der Waals surface area contributed by atoms with E-state index in [1.165, 1.54) is 12.1 Å². The van der Waals surface area contributed by atoms with E-state index in [-0.39, 0.29) is 11.6 Å². The highest BCUT2D eigenvalue weighted by Crippen LogP contribution is 2.13. The normalized spacial score (nSPS) is 20.3. The van der Waals surface area contributed by atoms with E-state index in [9.17, 15) is 4.39 Å². The summed E-state index contributed by atoms with van der Waals surface area (Å²) >= 11 is 0. The minimum absolute atomic E-state index is 0.0371. The molecular weight excluding hydrogens is 252 g/mol. The van der Waals surface area contributed by atoms with E-state index < -0.39 is 12.9 Å². The van der Waals surface area contributed by atoms with Crippen molar-refractivity contribution >= 4 is 12.6 Å². The molecule has 0 radical (unpaired) electrons. The fourth-order valence-corrected chi connectivity index (χ4v) is 1.96. The summed E-state index contributed by atoms with van der Waals surface area (Å²) in [5, 5.41) is 17.8. The molecule has 7 heteroatoms. The first-order valence-electron chi connectivity index (χ1n) is 6.15. The van der Waals surface area contributed by atoms with Crippen molar-refractivity contribution < 1.29 is 23.9 Å². The smallest absolute Gasteiger partial charge is 0.491 e. The van der Waals surface area contributed by atoms with E-state index in [0.717, 1.165) is 19.2 Å². The SMILES string of the molecule is CN1CCOC(COc2ccc(B(O)O)c(F)c2)C1. The van der Waals surface area contributed by atoms with Gasteiger partial charge in [0.2, 0.25) is 0 Å². The maximum Gasteiger partial charge on any atom is 0.491 e. The van der Waals surface area contributed by atoms with Crippen molar-refractivity contribution in [3.8, 4) is 5.75 Å². The van der Waals surface area contributed by atoms with E-state index in [4.69, 9.17) is 19.5 Å². The van der Waals surface area contributed by atoms with Crippen LogP contribution in [0.3, 0.4) is 0 Å². The summed E-state index contributed by atoms with van der Waals surface area (Å²) in [7, 11) is 0.191. The molecule has 5 nitrogen and oxygen atoms in total. The Kier molecular flexibility index (Phi) is 4.76. The zero-order valence-electron chi connectivity index (χ0n) is 10.8. The van der Waals surface area contributed by atoms with Gasteiger partial charge in [0, 0.05) is 24.6 Å². The molecule has 1 unspecified atom stereocenters. The lowest BCUT2D eigenvalue weighted by Crippen LogP contribution is -2.42. The second-order valence-electron chi connectivity index (χ2n) is 4.62. The summed E-state index contributed by atoms with van der Waals surface area (Å²) in [5.74, 6) is -0.354. The van der Waals surface area contributed by atoms with Gasteiger partial charge in [-0.15, -0.1) is 0 Å². The van der Waals surface area contributed by atoms with Gasteiger partial charge in [-0.05, 0) is 13.1 Å². The summed E-state index contributed by atoms with van der Waals surface area (Å²) < 4.78 is 24.5. The molecule has 1 heterocycles. The fraction of sp³-hybridized carbons (Fsp3) is 0.500. The Morgan fingerprint density at radius 1 is 1.53 bits per heavy atom. The molecule has 0 spiro atoms. The summed E-state index contributed by atoms with van der Waals surface area (Å²) in [5.41, 5.74) is -0.166. The first kappa shape index (κ1) is 14.3. The van der Waals surface area contributed by atoms with Gasteiger partial charge in [0.15, 0.2) is 0 Å². The molecule has 0 bridgehead atoms. The highest BCUT2D eigenvalue weighted by Gasteiger charge is 2.19. The van der Waals surface area contributed by atoms with E-state index >= 15 is 0 Å². The van der Waals surface area contributed by atoms with Crippen LogP contribution in [0.25, 0.3) is 0 Å². The average Bonchev–Trinajstić information content (AvgIpc) is 2.36. The minimum Gasteiger partial charge on any atom is -0.491 e. The number of morpholine rings is 1. The molecule has 0 aromatic heterocycles. The molecule has 1 aliphatic heterocycles. The molecule has 0 amide bonds. The van der Waals surface area contributed by atoms with Crippen LogP contribution in [0.1, 0.15) is 0 Å². The standard InChI is InChI=1S/C12H17BFNO4/c1-15-4-5-18-10(7-15)8-19-9-2-3-11(13(16)17)12(14)6-9/h2-3,6,10,16-17H,4-5,7-8H2,1H3. The van der Waals surface area contributed by atoms with Crippen molar-refractivity contribution in [1.29, 1.82) is 0 Å². The van der Waals surface area contributed by atoms with Crippen molar-refractivity contribution in [1.82, 2.24) is 4.90 Å². The summed E-state index contributed by atoms with van der Waals surface area (Å²) in [6.45, 7) is 2.67.